The van der Waals surface area contributed by atoms with Crippen molar-refractivity contribution < 1.29 is 14.7 Å². The molecule has 0 spiro atoms. The lowest BCUT2D eigenvalue weighted by Gasteiger charge is -2.34. The van der Waals surface area contributed by atoms with Crippen LogP contribution in [0.2, 0.25) is 10.0 Å². The third-order valence-corrected chi connectivity index (χ3v) is 9.24. The number of carboxylic acid groups (broad SMARTS) is 1. The molecule has 2 fully saturated rings. The number of carboxylic acids is 1. The summed E-state index contributed by atoms with van der Waals surface area (Å²) in [5.41, 5.74) is 1.18. The minimum Gasteiger partial charge on any atom is -0.477 e. The number of aromatic amines is 1. The predicted octanol–water partition coefficient (Wildman–Crippen LogP) is 3.78. The van der Waals surface area contributed by atoms with Gasteiger partial charge in [-0.1, -0.05) is 41.5 Å². The van der Waals surface area contributed by atoms with Crippen LogP contribution >= 0.6 is 34.5 Å². The standard InChI is InChI=1S/C25H30Cl2N8O3S/c1-3-33-10-12-34(13-11-33)16-4-7-28-22(31-16)20-21(24(37)38)39-25(32-20)35-8-5-15(6-9-35)30-23(36)19-18(27)17(26)14(2)29-19/h4,7,15,29H,3,5-6,8-13H2,1-2H3,(H,30,36)(H,37,38). The Hall–Kier alpha value is -2.93. The summed E-state index contributed by atoms with van der Waals surface area (Å²) in [6.07, 6.45) is 3.00. The SMILES string of the molecule is CCN1CCN(c2ccnc(-c3nc(N4CCC(NC(=O)c5[nH]c(C)c(Cl)c5Cl)CC4)sc3C(=O)O)n2)CC1. The van der Waals surface area contributed by atoms with E-state index in [0.29, 0.717) is 47.6 Å². The van der Waals surface area contributed by atoms with Gasteiger partial charge in [-0.15, -0.1) is 0 Å². The topological polar surface area (TPSA) is 131 Å². The molecule has 0 aliphatic carbocycles. The summed E-state index contributed by atoms with van der Waals surface area (Å²) in [5.74, 6) is -0.273. The molecule has 2 aliphatic rings. The van der Waals surface area contributed by atoms with Crippen molar-refractivity contribution in [2.45, 2.75) is 32.7 Å². The first-order chi connectivity index (χ1) is 18.7. The lowest BCUT2D eigenvalue weighted by atomic mass is 10.1. The largest absolute Gasteiger partial charge is 0.477 e. The van der Waals surface area contributed by atoms with E-state index >= 15 is 0 Å². The van der Waals surface area contributed by atoms with E-state index in [1.54, 1.807) is 13.1 Å². The Bertz CT molecular complexity index is 1360. The van der Waals surface area contributed by atoms with E-state index in [0.717, 1.165) is 49.9 Å². The van der Waals surface area contributed by atoms with Crippen LogP contribution in [0.3, 0.4) is 0 Å². The van der Waals surface area contributed by atoms with E-state index in [-0.39, 0.29) is 33.2 Å². The summed E-state index contributed by atoms with van der Waals surface area (Å²) in [5, 5.41) is 14.1. The van der Waals surface area contributed by atoms with Crippen LogP contribution < -0.4 is 15.1 Å². The zero-order valence-corrected chi connectivity index (χ0v) is 24.0. The molecule has 0 atom stereocenters. The van der Waals surface area contributed by atoms with Crippen molar-refractivity contribution >= 4 is 57.4 Å². The number of nitrogens with zero attached hydrogens (tertiary/aromatic N) is 6. The number of anilines is 2. The molecule has 5 rings (SSSR count). The fourth-order valence-corrected chi connectivity index (χ4v) is 6.24. The molecule has 11 nitrogen and oxygen atoms in total. The Morgan fingerprint density at radius 2 is 1.82 bits per heavy atom. The number of nitrogens with one attached hydrogen (secondary N) is 2. The highest BCUT2D eigenvalue weighted by Crippen LogP contribution is 2.34. The summed E-state index contributed by atoms with van der Waals surface area (Å²) < 4.78 is 0. The maximum Gasteiger partial charge on any atom is 0.348 e. The number of halogens is 2. The Morgan fingerprint density at radius 1 is 1.10 bits per heavy atom. The van der Waals surface area contributed by atoms with Gasteiger partial charge in [-0.05, 0) is 32.4 Å². The molecule has 208 valence electrons. The molecule has 2 aliphatic heterocycles. The van der Waals surface area contributed by atoms with E-state index < -0.39 is 5.97 Å². The zero-order chi connectivity index (χ0) is 27.7. The second-order valence-electron chi connectivity index (χ2n) is 9.63. The summed E-state index contributed by atoms with van der Waals surface area (Å²) >= 11 is 13.4. The second kappa shape index (κ2) is 11.7. The van der Waals surface area contributed by atoms with Crippen LogP contribution in [0, 0.1) is 6.92 Å². The van der Waals surface area contributed by atoms with Crippen molar-refractivity contribution in [3.8, 4) is 11.5 Å². The number of aryl methyl sites for hydroxylation is 1. The van der Waals surface area contributed by atoms with Gasteiger partial charge in [0.2, 0.25) is 0 Å². The molecule has 14 heteroatoms. The van der Waals surface area contributed by atoms with Crippen LogP contribution in [-0.2, 0) is 0 Å². The number of H-pyrrole nitrogens is 1. The molecule has 3 N–H and O–H groups in total. The predicted molar refractivity (Wildman–Crippen MR) is 153 cm³/mol. The monoisotopic (exact) mass is 592 g/mol. The second-order valence-corrected chi connectivity index (χ2v) is 11.4. The van der Waals surface area contributed by atoms with Crippen LogP contribution in [0.1, 0.15) is 45.6 Å². The molecular weight excluding hydrogens is 563 g/mol. The number of amides is 1. The number of aromatic carboxylic acids is 1. The Morgan fingerprint density at radius 3 is 2.44 bits per heavy atom. The number of piperidine rings is 1. The lowest BCUT2D eigenvalue weighted by Crippen LogP contribution is -2.46. The zero-order valence-electron chi connectivity index (χ0n) is 21.7. The molecule has 1 amide bonds. The average molecular weight is 594 g/mol. The van der Waals surface area contributed by atoms with E-state index in [2.05, 4.69) is 37.0 Å². The van der Waals surface area contributed by atoms with Crippen molar-refractivity contribution in [1.29, 1.82) is 0 Å². The van der Waals surface area contributed by atoms with E-state index in [1.165, 1.54) is 0 Å². The van der Waals surface area contributed by atoms with Gasteiger partial charge < -0.3 is 30.1 Å². The van der Waals surface area contributed by atoms with Crippen molar-refractivity contribution in [2.75, 3.05) is 55.6 Å². The first-order valence-corrected chi connectivity index (χ1v) is 14.5. The molecule has 3 aromatic heterocycles. The van der Waals surface area contributed by atoms with Gasteiger partial charge in [-0.3, -0.25) is 4.79 Å². The minimum absolute atomic E-state index is 0.0567. The fourth-order valence-electron chi connectivity index (χ4n) is 4.87. The van der Waals surface area contributed by atoms with Gasteiger partial charge >= 0.3 is 5.97 Å². The summed E-state index contributed by atoms with van der Waals surface area (Å²) in [4.78, 5) is 48.2. The molecule has 39 heavy (non-hydrogen) atoms. The fraction of sp³-hybridized carbons (Fsp3) is 0.480. The highest BCUT2D eigenvalue weighted by molar-refractivity contribution is 7.17. The molecular formula is C25H30Cl2N8O3S. The van der Waals surface area contributed by atoms with Gasteiger partial charge in [0.05, 0.1) is 10.0 Å². The molecule has 0 unspecified atom stereocenters. The Kier molecular flexibility index (Phi) is 8.27. The van der Waals surface area contributed by atoms with Crippen LogP contribution in [0.15, 0.2) is 12.3 Å². The summed E-state index contributed by atoms with van der Waals surface area (Å²) in [7, 11) is 0. The van der Waals surface area contributed by atoms with Crippen LogP contribution in [0.4, 0.5) is 10.9 Å². The lowest BCUT2D eigenvalue weighted by molar-refractivity contribution is 0.0702. The average Bonchev–Trinajstić information content (AvgIpc) is 3.51. The van der Waals surface area contributed by atoms with Crippen molar-refractivity contribution in [3.63, 3.8) is 0 Å². The number of carbonyl (C=O) groups excluding carboxylic acids is 1. The number of hydrogen-bond acceptors (Lipinski definition) is 9. The number of hydrogen-bond donors (Lipinski definition) is 3. The quantitative estimate of drug-likeness (QED) is 0.375. The molecule has 0 radical (unpaired) electrons. The van der Waals surface area contributed by atoms with Crippen LogP contribution in [0.25, 0.3) is 11.5 Å². The molecule has 2 saturated heterocycles. The molecule has 0 bridgehead atoms. The normalized spacial score (nSPS) is 17.0. The van der Waals surface area contributed by atoms with Gasteiger partial charge in [0.25, 0.3) is 5.91 Å². The molecule has 5 heterocycles. The number of likely N-dealkylation sites (N-methyl/N-ethyl adjacent to an activating group) is 1. The van der Waals surface area contributed by atoms with Crippen molar-refractivity contribution in [3.05, 3.63) is 38.6 Å². The third-order valence-electron chi connectivity index (χ3n) is 7.19. The van der Waals surface area contributed by atoms with E-state index in [4.69, 9.17) is 28.2 Å². The molecule has 3 aromatic rings. The van der Waals surface area contributed by atoms with Gasteiger partial charge in [0, 0.05) is 57.2 Å². The van der Waals surface area contributed by atoms with Crippen LogP contribution in [0.5, 0.6) is 0 Å². The number of carbonyl (C=O) groups is 2. The summed E-state index contributed by atoms with van der Waals surface area (Å²) in [6, 6.07) is 1.80. The minimum atomic E-state index is -1.06. The first-order valence-electron chi connectivity index (χ1n) is 12.9. The van der Waals surface area contributed by atoms with Gasteiger partial charge in [0.15, 0.2) is 11.0 Å². The highest BCUT2D eigenvalue weighted by atomic mass is 35.5. The summed E-state index contributed by atoms with van der Waals surface area (Å²) in [6.45, 7) is 9.77. The number of rotatable bonds is 7. The van der Waals surface area contributed by atoms with Crippen molar-refractivity contribution in [2.24, 2.45) is 0 Å². The molecule has 0 aromatic carbocycles. The van der Waals surface area contributed by atoms with Gasteiger partial charge in [-0.2, -0.15) is 0 Å². The first kappa shape index (κ1) is 27.6. The van der Waals surface area contributed by atoms with Crippen molar-refractivity contribution in [1.82, 2.24) is 30.2 Å². The van der Waals surface area contributed by atoms with Crippen LogP contribution in [-0.4, -0.2) is 93.7 Å². The number of aromatic nitrogens is 4. The third kappa shape index (κ3) is 5.84. The number of piperazine rings is 1. The van der Waals surface area contributed by atoms with E-state index in [9.17, 15) is 14.7 Å². The highest BCUT2D eigenvalue weighted by Gasteiger charge is 2.29. The van der Waals surface area contributed by atoms with Gasteiger partial charge in [0.1, 0.15) is 22.1 Å². The maximum absolute atomic E-state index is 12.7. The maximum atomic E-state index is 12.7. The van der Waals surface area contributed by atoms with E-state index in [1.807, 2.05) is 11.0 Å². The number of thiazole rings is 1. The Labute approximate surface area is 240 Å². The van der Waals surface area contributed by atoms with Gasteiger partial charge in [-0.25, -0.2) is 19.7 Å². The smallest absolute Gasteiger partial charge is 0.348 e. The molecule has 0 saturated carbocycles. The Balaban J connectivity index is 1.27.